The van der Waals surface area contributed by atoms with Gasteiger partial charge < -0.3 is 9.47 Å². The lowest BCUT2D eigenvalue weighted by Crippen LogP contribution is -2.18. The number of carbonyl (C=O) groups excluding carboxylic acids is 1. The first-order valence-electron chi connectivity index (χ1n) is 13.0. The zero-order valence-electron chi connectivity index (χ0n) is 22.5. The fourth-order valence-corrected chi connectivity index (χ4v) is 4.55. The summed E-state index contributed by atoms with van der Waals surface area (Å²) < 4.78 is 11.6. The number of hydrazone groups is 1. The van der Waals surface area contributed by atoms with Crippen LogP contribution in [0.15, 0.2) is 102 Å². The van der Waals surface area contributed by atoms with Gasteiger partial charge in [-0.25, -0.2) is 10.4 Å². The van der Waals surface area contributed by atoms with E-state index in [1.165, 1.54) is 18.3 Å². The van der Waals surface area contributed by atoms with Crippen LogP contribution in [-0.4, -0.2) is 28.6 Å². The van der Waals surface area contributed by atoms with Crippen LogP contribution in [0.4, 0.5) is 5.69 Å². The molecular formula is C32H25ClN4O5. The zero-order valence-corrected chi connectivity index (χ0v) is 23.2. The number of benzene rings is 4. The van der Waals surface area contributed by atoms with E-state index in [1.54, 1.807) is 30.3 Å². The third kappa shape index (κ3) is 6.54. The number of nitrogens with zero attached hydrogens (tertiary/aromatic N) is 3. The van der Waals surface area contributed by atoms with Gasteiger partial charge in [0.15, 0.2) is 11.5 Å². The van der Waals surface area contributed by atoms with Gasteiger partial charge in [0.05, 0.1) is 39.5 Å². The molecule has 1 amide bonds. The Morgan fingerprint density at radius 1 is 1.00 bits per heavy atom. The summed E-state index contributed by atoms with van der Waals surface area (Å²) in [6.07, 6.45) is 1.47. The minimum absolute atomic E-state index is 0.00345. The van der Waals surface area contributed by atoms with Crippen molar-refractivity contribution in [2.45, 2.75) is 13.5 Å². The van der Waals surface area contributed by atoms with Crippen molar-refractivity contribution >= 4 is 40.3 Å². The molecule has 10 heteroatoms. The molecule has 0 aliphatic rings. The van der Waals surface area contributed by atoms with Gasteiger partial charge in [0.1, 0.15) is 6.61 Å². The molecule has 0 bridgehead atoms. The normalized spacial score (nSPS) is 11.0. The number of fused-ring (bicyclic) bond motifs is 1. The van der Waals surface area contributed by atoms with E-state index < -0.39 is 4.92 Å². The van der Waals surface area contributed by atoms with Gasteiger partial charge in [-0.1, -0.05) is 60.1 Å². The van der Waals surface area contributed by atoms with Crippen LogP contribution < -0.4 is 14.9 Å². The minimum Gasteiger partial charge on any atom is -0.490 e. The summed E-state index contributed by atoms with van der Waals surface area (Å²) in [4.78, 5) is 28.4. The maximum atomic E-state index is 13.2. The Balaban J connectivity index is 1.34. The lowest BCUT2D eigenvalue weighted by atomic mass is 10.0. The van der Waals surface area contributed by atoms with Gasteiger partial charge in [0.2, 0.25) is 0 Å². The van der Waals surface area contributed by atoms with Crippen LogP contribution >= 0.6 is 11.6 Å². The average Bonchev–Trinajstić information content (AvgIpc) is 3.01. The van der Waals surface area contributed by atoms with E-state index in [9.17, 15) is 14.9 Å². The van der Waals surface area contributed by atoms with Crippen molar-refractivity contribution in [2.24, 2.45) is 5.10 Å². The summed E-state index contributed by atoms with van der Waals surface area (Å²) in [6.45, 7) is 2.32. The summed E-state index contributed by atoms with van der Waals surface area (Å²) in [5.41, 5.74) is 6.63. The summed E-state index contributed by atoms with van der Waals surface area (Å²) >= 11 is 6.53. The monoisotopic (exact) mass is 580 g/mol. The van der Waals surface area contributed by atoms with Crippen molar-refractivity contribution in [3.05, 3.63) is 129 Å². The lowest BCUT2D eigenvalue weighted by molar-refractivity contribution is -0.384. The van der Waals surface area contributed by atoms with Gasteiger partial charge >= 0.3 is 0 Å². The molecule has 0 aliphatic heterocycles. The average molecular weight is 581 g/mol. The Labute approximate surface area is 246 Å². The van der Waals surface area contributed by atoms with Crippen LogP contribution in [-0.2, 0) is 6.61 Å². The number of para-hydroxylation sites is 1. The summed E-state index contributed by atoms with van der Waals surface area (Å²) in [7, 11) is 0. The van der Waals surface area contributed by atoms with Crippen molar-refractivity contribution in [1.29, 1.82) is 0 Å². The number of nitrogens with one attached hydrogen (secondary N) is 1. The highest BCUT2D eigenvalue weighted by molar-refractivity contribution is 6.32. The largest absolute Gasteiger partial charge is 0.490 e. The number of aromatic nitrogens is 1. The first-order chi connectivity index (χ1) is 20.4. The molecule has 0 atom stereocenters. The second-order valence-corrected chi connectivity index (χ2v) is 9.52. The Morgan fingerprint density at radius 3 is 2.48 bits per heavy atom. The van der Waals surface area contributed by atoms with E-state index in [-0.39, 0.29) is 23.2 Å². The standard InChI is InChI=1S/C32H25ClN4O5/c1-2-41-30-17-22(16-27(33)31(30)42-20-21-12-14-24(15-13-21)37(39)40)19-34-36-32(38)26-18-29(23-8-4-3-5-9-23)35-28-11-7-6-10-25(26)28/h3-19H,2,20H2,1H3,(H,36,38)/b34-19+. The van der Waals surface area contributed by atoms with Crippen molar-refractivity contribution in [1.82, 2.24) is 10.4 Å². The molecule has 1 heterocycles. The molecule has 0 radical (unpaired) electrons. The number of nitro groups is 1. The Morgan fingerprint density at radius 2 is 1.74 bits per heavy atom. The number of hydrogen-bond acceptors (Lipinski definition) is 7. The third-order valence-corrected chi connectivity index (χ3v) is 6.55. The fourth-order valence-electron chi connectivity index (χ4n) is 4.28. The Hall–Kier alpha value is -5.28. The number of halogens is 1. The van der Waals surface area contributed by atoms with E-state index >= 15 is 0 Å². The predicted octanol–water partition coefficient (Wildman–Crippen LogP) is 7.21. The molecule has 0 aliphatic carbocycles. The smallest absolute Gasteiger partial charge is 0.272 e. The van der Waals surface area contributed by atoms with Crippen LogP contribution in [0.2, 0.25) is 5.02 Å². The predicted molar refractivity (Wildman–Crippen MR) is 162 cm³/mol. The molecule has 0 saturated heterocycles. The van der Waals surface area contributed by atoms with Crippen LogP contribution in [0.5, 0.6) is 11.5 Å². The number of rotatable bonds is 10. The highest BCUT2D eigenvalue weighted by Gasteiger charge is 2.15. The van der Waals surface area contributed by atoms with E-state index in [4.69, 9.17) is 26.1 Å². The molecule has 1 aromatic heterocycles. The van der Waals surface area contributed by atoms with Crippen LogP contribution in [0.25, 0.3) is 22.2 Å². The van der Waals surface area contributed by atoms with Crippen molar-refractivity contribution in [2.75, 3.05) is 6.61 Å². The van der Waals surface area contributed by atoms with Crippen LogP contribution in [0, 0.1) is 10.1 Å². The number of ether oxygens (including phenoxy) is 2. The second-order valence-electron chi connectivity index (χ2n) is 9.11. The summed E-state index contributed by atoms with van der Waals surface area (Å²) in [6, 6.07) is 28.2. The summed E-state index contributed by atoms with van der Waals surface area (Å²) in [5.74, 6) is 0.336. The molecule has 210 valence electrons. The summed E-state index contributed by atoms with van der Waals surface area (Å²) in [5, 5.41) is 16.0. The van der Waals surface area contributed by atoms with E-state index in [0.29, 0.717) is 45.8 Å². The van der Waals surface area contributed by atoms with E-state index in [1.807, 2.05) is 61.5 Å². The first kappa shape index (κ1) is 28.3. The zero-order chi connectivity index (χ0) is 29.5. The number of pyridine rings is 1. The molecule has 9 nitrogen and oxygen atoms in total. The molecule has 0 spiro atoms. The Kier molecular flexibility index (Phi) is 8.70. The quantitative estimate of drug-likeness (QED) is 0.106. The highest BCUT2D eigenvalue weighted by atomic mass is 35.5. The van der Waals surface area contributed by atoms with Crippen molar-refractivity contribution < 1.29 is 19.2 Å². The maximum Gasteiger partial charge on any atom is 0.272 e. The van der Waals surface area contributed by atoms with Gasteiger partial charge in [-0.05, 0) is 54.4 Å². The molecule has 5 rings (SSSR count). The van der Waals surface area contributed by atoms with Crippen LogP contribution in [0.1, 0.15) is 28.4 Å². The first-order valence-corrected chi connectivity index (χ1v) is 13.4. The molecule has 0 unspecified atom stereocenters. The highest BCUT2D eigenvalue weighted by Crippen LogP contribution is 2.37. The fraction of sp³-hybridized carbons (Fsp3) is 0.0938. The number of nitro benzene ring substituents is 1. The lowest BCUT2D eigenvalue weighted by Gasteiger charge is -2.14. The number of hydrogen-bond donors (Lipinski definition) is 1. The van der Waals surface area contributed by atoms with Crippen molar-refractivity contribution in [3.8, 4) is 22.8 Å². The van der Waals surface area contributed by atoms with Crippen LogP contribution in [0.3, 0.4) is 0 Å². The van der Waals surface area contributed by atoms with Gasteiger partial charge in [0, 0.05) is 23.1 Å². The van der Waals surface area contributed by atoms with E-state index in [0.717, 1.165) is 11.1 Å². The minimum atomic E-state index is -0.460. The SMILES string of the molecule is CCOc1cc(/C=N/NC(=O)c2cc(-c3ccccc3)nc3ccccc23)cc(Cl)c1OCc1ccc([N+](=O)[O-])cc1. The van der Waals surface area contributed by atoms with Gasteiger partial charge in [0.25, 0.3) is 11.6 Å². The maximum absolute atomic E-state index is 13.2. The molecule has 0 saturated carbocycles. The van der Waals surface area contributed by atoms with Gasteiger partial charge in [-0.3, -0.25) is 14.9 Å². The number of non-ortho nitro benzene ring substituents is 1. The second kappa shape index (κ2) is 12.9. The molecule has 4 aromatic carbocycles. The molecule has 5 aromatic rings. The molecular weight excluding hydrogens is 556 g/mol. The third-order valence-electron chi connectivity index (χ3n) is 6.27. The Bertz CT molecular complexity index is 1780. The molecule has 42 heavy (non-hydrogen) atoms. The number of amides is 1. The molecule has 0 fully saturated rings. The van der Waals surface area contributed by atoms with Crippen molar-refractivity contribution in [3.63, 3.8) is 0 Å². The number of carbonyl (C=O) groups is 1. The molecule has 1 N–H and O–H groups in total. The van der Waals surface area contributed by atoms with Gasteiger partial charge in [-0.15, -0.1) is 0 Å². The van der Waals surface area contributed by atoms with E-state index in [2.05, 4.69) is 10.5 Å². The van der Waals surface area contributed by atoms with Gasteiger partial charge in [-0.2, -0.15) is 5.10 Å². The topological polar surface area (TPSA) is 116 Å².